The number of rotatable bonds is 3. The van der Waals surface area contributed by atoms with E-state index in [-0.39, 0.29) is 23.3 Å². The number of amides is 1. The van der Waals surface area contributed by atoms with Gasteiger partial charge in [0.05, 0.1) is 11.5 Å². The number of carbonyl (C=O) groups excluding carboxylic acids is 1. The number of nitro groups is 1. The molecule has 0 saturated heterocycles. The van der Waals surface area contributed by atoms with Gasteiger partial charge in [0.2, 0.25) is 0 Å². The minimum atomic E-state index is -0.475. The van der Waals surface area contributed by atoms with Crippen molar-refractivity contribution in [3.8, 4) is 0 Å². The fraction of sp³-hybridized carbons (Fsp3) is 0.231. The van der Waals surface area contributed by atoms with Gasteiger partial charge < -0.3 is 4.74 Å². The van der Waals surface area contributed by atoms with Gasteiger partial charge in [-0.3, -0.25) is 19.8 Å². The lowest BCUT2D eigenvalue weighted by Crippen LogP contribution is -2.29. The van der Waals surface area contributed by atoms with Crippen LogP contribution in [0.15, 0.2) is 35.0 Å². The minimum Gasteiger partial charge on any atom is -0.465 e. The number of benzene rings is 1. The fourth-order valence-electron chi connectivity index (χ4n) is 1.69. The highest BCUT2D eigenvalue weighted by Crippen LogP contribution is 2.19. The van der Waals surface area contributed by atoms with Gasteiger partial charge in [0.25, 0.3) is 17.6 Å². The summed E-state index contributed by atoms with van der Waals surface area (Å²) in [7, 11) is 1.58. The van der Waals surface area contributed by atoms with E-state index in [2.05, 4.69) is 4.99 Å². The summed E-state index contributed by atoms with van der Waals surface area (Å²) in [6, 6.07) is 6.13. The second-order valence-electron chi connectivity index (χ2n) is 4.07. The van der Waals surface area contributed by atoms with Crippen LogP contribution < -0.4 is 0 Å². The first-order valence-corrected chi connectivity index (χ1v) is 5.98. The molecule has 20 heavy (non-hydrogen) atoms. The molecule has 0 N–H and O–H groups in total. The molecule has 0 fully saturated rings. The summed E-state index contributed by atoms with van der Waals surface area (Å²) in [5, 5.41) is 10.6. The highest BCUT2D eigenvalue weighted by Gasteiger charge is 2.27. The van der Waals surface area contributed by atoms with E-state index in [1.807, 2.05) is 0 Å². The van der Waals surface area contributed by atoms with Crippen molar-refractivity contribution < 1.29 is 14.5 Å². The summed E-state index contributed by atoms with van der Waals surface area (Å²) < 4.78 is 5.23. The van der Waals surface area contributed by atoms with Crippen LogP contribution in [0.25, 0.3) is 6.08 Å². The molecule has 0 atom stereocenters. The number of hydrogen-bond acceptors (Lipinski definition) is 5. The van der Waals surface area contributed by atoms with Crippen LogP contribution in [0.5, 0.6) is 0 Å². The lowest BCUT2D eigenvalue weighted by Gasteiger charge is -2.10. The molecule has 1 aliphatic rings. The van der Waals surface area contributed by atoms with Crippen molar-refractivity contribution in [2.75, 3.05) is 13.7 Å². The van der Waals surface area contributed by atoms with E-state index >= 15 is 0 Å². The van der Waals surface area contributed by atoms with Crippen LogP contribution in [-0.2, 0) is 9.53 Å². The first-order valence-electron chi connectivity index (χ1n) is 5.98. The van der Waals surface area contributed by atoms with Crippen LogP contribution in [0.1, 0.15) is 12.5 Å². The topological polar surface area (TPSA) is 85.0 Å². The van der Waals surface area contributed by atoms with Crippen molar-refractivity contribution >= 4 is 23.7 Å². The predicted octanol–water partition coefficient (Wildman–Crippen LogP) is 1.80. The van der Waals surface area contributed by atoms with Gasteiger partial charge in [0.15, 0.2) is 0 Å². The molecule has 2 rings (SSSR count). The highest BCUT2D eigenvalue weighted by atomic mass is 16.6. The van der Waals surface area contributed by atoms with E-state index in [1.54, 1.807) is 32.2 Å². The maximum Gasteiger partial charge on any atom is 0.299 e. The number of nitro benzene ring substituents is 1. The maximum atomic E-state index is 11.9. The van der Waals surface area contributed by atoms with E-state index in [0.717, 1.165) is 0 Å². The van der Waals surface area contributed by atoms with Gasteiger partial charge in [-0.1, -0.05) is 0 Å². The zero-order valence-corrected chi connectivity index (χ0v) is 11.1. The second kappa shape index (κ2) is 5.52. The summed E-state index contributed by atoms with van der Waals surface area (Å²) in [4.78, 5) is 27.4. The maximum absolute atomic E-state index is 11.9. The fourth-order valence-corrected chi connectivity index (χ4v) is 1.69. The molecule has 0 unspecified atom stereocenters. The molecule has 1 aliphatic heterocycles. The van der Waals surface area contributed by atoms with Gasteiger partial charge in [-0.2, -0.15) is 4.99 Å². The van der Waals surface area contributed by atoms with Crippen LogP contribution in [-0.4, -0.2) is 35.4 Å². The Morgan fingerprint density at radius 2 is 2.05 bits per heavy atom. The zero-order chi connectivity index (χ0) is 14.7. The van der Waals surface area contributed by atoms with Crippen molar-refractivity contribution in [2.24, 2.45) is 4.99 Å². The van der Waals surface area contributed by atoms with Crippen LogP contribution >= 0.6 is 0 Å². The average Bonchev–Trinajstić information content (AvgIpc) is 2.68. The Morgan fingerprint density at radius 1 is 1.40 bits per heavy atom. The predicted molar refractivity (Wildman–Crippen MR) is 72.9 cm³/mol. The number of ether oxygens (including phenoxy) is 1. The van der Waals surface area contributed by atoms with Crippen molar-refractivity contribution in [3.63, 3.8) is 0 Å². The Bertz CT molecular complexity index is 605. The third-order valence-corrected chi connectivity index (χ3v) is 2.71. The molecule has 0 aromatic heterocycles. The second-order valence-corrected chi connectivity index (χ2v) is 4.07. The average molecular weight is 275 g/mol. The van der Waals surface area contributed by atoms with Gasteiger partial charge in [-0.15, -0.1) is 0 Å². The van der Waals surface area contributed by atoms with Crippen LogP contribution in [0, 0.1) is 10.1 Å². The van der Waals surface area contributed by atoms with Gasteiger partial charge in [0, 0.05) is 19.2 Å². The quantitative estimate of drug-likeness (QED) is 0.478. The number of non-ortho nitro benzene ring substituents is 1. The number of nitrogens with zero attached hydrogens (tertiary/aromatic N) is 3. The third-order valence-electron chi connectivity index (χ3n) is 2.71. The van der Waals surface area contributed by atoms with Gasteiger partial charge in [-0.25, -0.2) is 0 Å². The van der Waals surface area contributed by atoms with E-state index in [1.165, 1.54) is 17.0 Å². The molecule has 0 bridgehead atoms. The number of carbonyl (C=O) groups is 1. The largest absolute Gasteiger partial charge is 0.465 e. The Kier molecular flexibility index (Phi) is 3.79. The SMILES string of the molecule is CCOC1=N/C(=C/c2ccc([N+](=O)[O-])cc2)C(=O)N1C. The summed E-state index contributed by atoms with van der Waals surface area (Å²) >= 11 is 0. The van der Waals surface area contributed by atoms with Crippen molar-refractivity contribution in [3.05, 3.63) is 45.6 Å². The Hall–Kier alpha value is -2.70. The van der Waals surface area contributed by atoms with Crippen molar-refractivity contribution in [2.45, 2.75) is 6.92 Å². The van der Waals surface area contributed by atoms with E-state index in [9.17, 15) is 14.9 Å². The standard InChI is InChI=1S/C13H13N3O4/c1-3-20-13-14-11(12(17)15(13)2)8-9-4-6-10(7-5-9)16(18)19/h4-8H,3H2,1-2H3/b11-8+. The summed E-state index contributed by atoms with van der Waals surface area (Å²) in [6.07, 6.45) is 1.56. The van der Waals surface area contributed by atoms with Crippen LogP contribution in [0.2, 0.25) is 0 Å². The van der Waals surface area contributed by atoms with E-state index in [0.29, 0.717) is 12.2 Å². The Balaban J connectivity index is 2.26. The van der Waals surface area contributed by atoms with Crippen molar-refractivity contribution in [1.29, 1.82) is 0 Å². The Labute approximate surface area is 115 Å². The first-order chi connectivity index (χ1) is 9.52. The Morgan fingerprint density at radius 3 is 2.60 bits per heavy atom. The van der Waals surface area contributed by atoms with Gasteiger partial charge >= 0.3 is 0 Å². The molecule has 0 spiro atoms. The molecular weight excluding hydrogens is 262 g/mol. The lowest BCUT2D eigenvalue weighted by molar-refractivity contribution is -0.384. The lowest BCUT2D eigenvalue weighted by atomic mass is 10.2. The smallest absolute Gasteiger partial charge is 0.299 e. The molecule has 1 aromatic carbocycles. The molecule has 0 radical (unpaired) electrons. The zero-order valence-electron chi connectivity index (χ0n) is 11.1. The monoisotopic (exact) mass is 275 g/mol. The van der Waals surface area contributed by atoms with Crippen LogP contribution in [0.3, 0.4) is 0 Å². The number of hydrogen-bond donors (Lipinski definition) is 0. The molecule has 7 heteroatoms. The minimum absolute atomic E-state index is 0.000484. The molecular formula is C13H13N3O4. The van der Waals surface area contributed by atoms with E-state index in [4.69, 9.17) is 4.74 Å². The number of aliphatic imine (C=N–C) groups is 1. The van der Waals surface area contributed by atoms with Gasteiger partial charge in [-0.05, 0) is 30.7 Å². The summed E-state index contributed by atoms with van der Waals surface area (Å²) in [5.41, 5.74) is 0.902. The molecule has 0 aliphatic carbocycles. The summed E-state index contributed by atoms with van der Waals surface area (Å²) in [5.74, 6) is -0.271. The van der Waals surface area contributed by atoms with E-state index < -0.39 is 4.92 Å². The third kappa shape index (κ3) is 2.66. The van der Waals surface area contributed by atoms with Gasteiger partial charge in [0.1, 0.15) is 5.70 Å². The number of amidine groups is 1. The van der Waals surface area contributed by atoms with Crippen LogP contribution in [0.4, 0.5) is 5.69 Å². The molecule has 1 heterocycles. The first kappa shape index (κ1) is 13.7. The summed E-state index contributed by atoms with van der Waals surface area (Å²) in [6.45, 7) is 2.22. The number of likely N-dealkylation sites (N-methyl/N-ethyl adjacent to an activating group) is 1. The molecule has 0 saturated carbocycles. The normalized spacial score (nSPS) is 16.5. The molecule has 1 amide bonds. The molecule has 7 nitrogen and oxygen atoms in total. The highest BCUT2D eigenvalue weighted by molar-refractivity contribution is 6.11. The molecule has 1 aromatic rings. The van der Waals surface area contributed by atoms with Crippen molar-refractivity contribution in [1.82, 2.24) is 4.90 Å². The molecule has 104 valence electrons.